The molecule has 0 aliphatic heterocycles. The minimum atomic E-state index is -0.269. The molecule has 156 valence electrons. The maximum absolute atomic E-state index is 5.90. The summed E-state index contributed by atoms with van der Waals surface area (Å²) in [6.45, 7) is 23.9. The van der Waals surface area contributed by atoms with E-state index in [-0.39, 0.29) is 11.1 Å². The van der Waals surface area contributed by atoms with Gasteiger partial charge in [0.1, 0.15) is 5.60 Å². The number of hydrogen-bond donors (Lipinski definition) is 0. The lowest BCUT2D eigenvalue weighted by molar-refractivity contribution is -0.0255. The van der Waals surface area contributed by atoms with Gasteiger partial charge in [-0.15, -0.1) is 5.10 Å². The van der Waals surface area contributed by atoms with E-state index in [1.165, 1.54) is 0 Å². The van der Waals surface area contributed by atoms with E-state index in [1.807, 2.05) is 4.68 Å². The van der Waals surface area contributed by atoms with Gasteiger partial charge in [0.25, 0.3) is 0 Å². The standard InChI is InChI=1S/C22H42N4O/c1-15(2)17(4)19(6)24-27-22(10,11)13-12-16(3)18(5)20-14-26(25-23-20)21(7,8)9/h14-18H,12-13H2,1-11H3/t16-,17+,18+/m1/s1. The predicted molar refractivity (Wildman–Crippen MR) is 114 cm³/mol. The number of rotatable bonds is 9. The molecule has 1 rings (SSSR count). The van der Waals surface area contributed by atoms with E-state index < -0.39 is 0 Å². The van der Waals surface area contributed by atoms with Gasteiger partial charge in [0, 0.05) is 12.1 Å². The zero-order valence-corrected chi connectivity index (χ0v) is 19.5. The van der Waals surface area contributed by atoms with E-state index in [2.05, 4.69) is 97.8 Å². The van der Waals surface area contributed by atoms with Crippen LogP contribution in [0.1, 0.15) is 101 Å². The van der Waals surface area contributed by atoms with Gasteiger partial charge in [-0.1, -0.05) is 45.0 Å². The second-order valence-electron chi connectivity index (χ2n) is 10.2. The summed E-state index contributed by atoms with van der Waals surface area (Å²) in [5.41, 5.74) is 1.83. The third-order valence-electron chi connectivity index (χ3n) is 5.82. The fourth-order valence-corrected chi connectivity index (χ4v) is 2.74. The Morgan fingerprint density at radius 1 is 1.11 bits per heavy atom. The van der Waals surface area contributed by atoms with Crippen molar-refractivity contribution in [3.05, 3.63) is 11.9 Å². The molecule has 0 aromatic carbocycles. The maximum atomic E-state index is 5.90. The van der Waals surface area contributed by atoms with Gasteiger partial charge in [0.15, 0.2) is 0 Å². The molecule has 0 fully saturated rings. The van der Waals surface area contributed by atoms with Gasteiger partial charge in [-0.2, -0.15) is 0 Å². The molecule has 0 unspecified atom stereocenters. The van der Waals surface area contributed by atoms with Gasteiger partial charge in [-0.25, -0.2) is 4.68 Å². The molecule has 0 amide bonds. The highest BCUT2D eigenvalue weighted by atomic mass is 16.6. The molecule has 27 heavy (non-hydrogen) atoms. The predicted octanol–water partition coefficient (Wildman–Crippen LogP) is 6.02. The average Bonchev–Trinajstić information content (AvgIpc) is 3.06. The van der Waals surface area contributed by atoms with Crippen molar-refractivity contribution < 1.29 is 4.84 Å². The van der Waals surface area contributed by atoms with E-state index in [0.29, 0.717) is 23.7 Å². The summed E-state index contributed by atoms with van der Waals surface area (Å²) in [6, 6.07) is 0. The minimum absolute atomic E-state index is 0.0347. The molecule has 5 nitrogen and oxygen atoms in total. The molecule has 5 heteroatoms. The minimum Gasteiger partial charge on any atom is -0.390 e. The number of nitrogens with zero attached hydrogens (tertiary/aromatic N) is 4. The number of oxime groups is 1. The average molecular weight is 379 g/mol. The van der Waals surface area contributed by atoms with Crippen LogP contribution in [0.2, 0.25) is 0 Å². The molecule has 1 aromatic heterocycles. The Morgan fingerprint density at radius 3 is 2.19 bits per heavy atom. The molecule has 0 bridgehead atoms. The van der Waals surface area contributed by atoms with Crippen LogP contribution in [0, 0.1) is 17.8 Å². The van der Waals surface area contributed by atoms with E-state index in [0.717, 1.165) is 24.2 Å². The second-order valence-corrected chi connectivity index (χ2v) is 10.2. The van der Waals surface area contributed by atoms with Crippen molar-refractivity contribution in [1.29, 1.82) is 0 Å². The molecule has 0 saturated heterocycles. The van der Waals surface area contributed by atoms with Gasteiger partial charge in [0.05, 0.1) is 16.9 Å². The highest BCUT2D eigenvalue weighted by molar-refractivity contribution is 5.83. The van der Waals surface area contributed by atoms with Crippen molar-refractivity contribution in [2.75, 3.05) is 0 Å². The molecule has 1 aromatic rings. The van der Waals surface area contributed by atoms with Crippen molar-refractivity contribution in [2.24, 2.45) is 22.9 Å². The molecule has 0 saturated carbocycles. The molecule has 0 radical (unpaired) electrons. The van der Waals surface area contributed by atoms with Crippen LogP contribution in [0.15, 0.2) is 11.4 Å². The summed E-state index contributed by atoms with van der Waals surface area (Å²) in [6.07, 6.45) is 4.10. The second kappa shape index (κ2) is 9.20. The van der Waals surface area contributed by atoms with Crippen molar-refractivity contribution in [3.8, 4) is 0 Å². The van der Waals surface area contributed by atoms with E-state index >= 15 is 0 Å². The molecular formula is C22H42N4O. The number of hydrogen-bond acceptors (Lipinski definition) is 4. The van der Waals surface area contributed by atoms with Crippen LogP contribution in [0.3, 0.4) is 0 Å². The molecule has 0 aliphatic rings. The van der Waals surface area contributed by atoms with Crippen LogP contribution in [0.4, 0.5) is 0 Å². The first-order valence-corrected chi connectivity index (χ1v) is 10.4. The number of aromatic nitrogens is 3. The molecular weight excluding hydrogens is 336 g/mol. The summed E-state index contributed by atoms with van der Waals surface area (Å²) < 4.78 is 1.95. The first-order chi connectivity index (χ1) is 12.2. The topological polar surface area (TPSA) is 52.3 Å². The summed E-state index contributed by atoms with van der Waals surface area (Å²) in [4.78, 5) is 5.90. The Balaban J connectivity index is 2.62. The lowest BCUT2D eigenvalue weighted by atomic mass is 9.86. The molecule has 1 heterocycles. The van der Waals surface area contributed by atoms with Gasteiger partial charge in [0.2, 0.25) is 0 Å². The monoisotopic (exact) mass is 378 g/mol. The fourth-order valence-electron chi connectivity index (χ4n) is 2.74. The highest BCUT2D eigenvalue weighted by Gasteiger charge is 2.26. The van der Waals surface area contributed by atoms with Gasteiger partial charge in [-0.05, 0) is 72.1 Å². The van der Waals surface area contributed by atoms with Crippen LogP contribution < -0.4 is 0 Å². The van der Waals surface area contributed by atoms with Gasteiger partial charge in [-0.3, -0.25) is 0 Å². The lowest BCUT2D eigenvalue weighted by Gasteiger charge is -2.26. The first-order valence-electron chi connectivity index (χ1n) is 10.4. The zero-order valence-electron chi connectivity index (χ0n) is 19.5. The third kappa shape index (κ3) is 7.27. The van der Waals surface area contributed by atoms with Crippen molar-refractivity contribution in [2.45, 2.75) is 106 Å². The molecule has 3 atom stereocenters. The van der Waals surface area contributed by atoms with Crippen molar-refractivity contribution in [1.82, 2.24) is 15.0 Å². The first kappa shape index (κ1) is 23.6. The Kier molecular flexibility index (Phi) is 8.06. The van der Waals surface area contributed by atoms with Crippen LogP contribution in [0.5, 0.6) is 0 Å². The van der Waals surface area contributed by atoms with Gasteiger partial charge >= 0.3 is 0 Å². The third-order valence-corrected chi connectivity index (χ3v) is 5.82. The van der Waals surface area contributed by atoms with Crippen LogP contribution in [0.25, 0.3) is 0 Å². The zero-order chi connectivity index (χ0) is 21.0. The smallest absolute Gasteiger partial charge is 0.132 e. The molecule has 0 aliphatic carbocycles. The molecule has 0 spiro atoms. The summed E-state index contributed by atoms with van der Waals surface area (Å²) in [7, 11) is 0. The van der Waals surface area contributed by atoms with Crippen molar-refractivity contribution in [3.63, 3.8) is 0 Å². The van der Waals surface area contributed by atoms with Crippen molar-refractivity contribution >= 4 is 5.71 Å². The Hall–Kier alpha value is -1.39. The van der Waals surface area contributed by atoms with E-state index in [4.69, 9.17) is 4.84 Å². The summed E-state index contributed by atoms with van der Waals surface area (Å²) in [5.74, 6) is 1.87. The normalized spacial score (nSPS) is 17.1. The lowest BCUT2D eigenvalue weighted by Crippen LogP contribution is -2.25. The van der Waals surface area contributed by atoms with Gasteiger partial charge < -0.3 is 4.84 Å². The van der Waals surface area contributed by atoms with E-state index in [1.54, 1.807) is 0 Å². The maximum Gasteiger partial charge on any atom is 0.132 e. The van der Waals surface area contributed by atoms with Crippen LogP contribution in [-0.4, -0.2) is 26.3 Å². The summed E-state index contributed by atoms with van der Waals surface area (Å²) >= 11 is 0. The van der Waals surface area contributed by atoms with Crippen LogP contribution in [-0.2, 0) is 10.4 Å². The largest absolute Gasteiger partial charge is 0.390 e. The molecule has 0 N–H and O–H groups in total. The Bertz CT molecular complexity index is 610. The van der Waals surface area contributed by atoms with E-state index in [9.17, 15) is 0 Å². The highest BCUT2D eigenvalue weighted by Crippen LogP contribution is 2.30. The Morgan fingerprint density at radius 2 is 1.70 bits per heavy atom. The Labute approximate surface area is 166 Å². The van der Waals surface area contributed by atoms with Crippen LogP contribution >= 0.6 is 0 Å². The fraction of sp³-hybridized carbons (Fsp3) is 0.864. The quantitative estimate of drug-likeness (QED) is 0.390. The SMILES string of the molecule is CC(=NOC(C)(C)CC[C@@H](C)[C@H](C)c1cn(C(C)(C)C)nn1)[C@@H](C)C(C)C. The summed E-state index contributed by atoms with van der Waals surface area (Å²) in [5, 5.41) is 13.1.